The van der Waals surface area contributed by atoms with Gasteiger partial charge in [-0.15, -0.1) is 0 Å². The molecule has 0 saturated heterocycles. The van der Waals surface area contributed by atoms with Gasteiger partial charge in [0.05, 0.1) is 11.7 Å². The minimum absolute atomic E-state index is 0.486. The van der Waals surface area contributed by atoms with Crippen LogP contribution in [0.15, 0.2) is 24.3 Å². The highest BCUT2D eigenvalue weighted by Gasteiger charge is 2.21. The Hall–Kier alpha value is -1.18. The number of nitrogens with zero attached hydrogens (tertiary/aromatic N) is 1. The Labute approximate surface area is 79.1 Å². The average molecular weight is 177 g/mol. The Morgan fingerprint density at radius 3 is 3.00 bits per heavy atom. The van der Waals surface area contributed by atoms with Crippen LogP contribution in [0.4, 0.5) is 5.69 Å². The second kappa shape index (κ2) is 3.29. The second-order valence-corrected chi connectivity index (χ2v) is 3.41. The predicted molar refractivity (Wildman–Crippen MR) is 54.4 cm³/mol. The zero-order valence-corrected chi connectivity index (χ0v) is 8.16. The highest BCUT2D eigenvalue weighted by molar-refractivity contribution is 5.60. The normalized spacial score (nSPS) is 20.8. The van der Waals surface area contributed by atoms with E-state index >= 15 is 0 Å². The monoisotopic (exact) mass is 177 g/mol. The molecule has 1 aliphatic heterocycles. The molecule has 0 aromatic heterocycles. The van der Waals surface area contributed by atoms with Crippen molar-refractivity contribution in [2.75, 3.05) is 18.1 Å². The number of hydrogen-bond donors (Lipinski definition) is 0. The molecule has 0 aliphatic carbocycles. The van der Waals surface area contributed by atoms with E-state index in [0.717, 1.165) is 18.9 Å². The van der Waals surface area contributed by atoms with E-state index in [-0.39, 0.29) is 0 Å². The Morgan fingerprint density at radius 2 is 2.23 bits per heavy atom. The van der Waals surface area contributed by atoms with Gasteiger partial charge >= 0.3 is 0 Å². The number of fused-ring (bicyclic) bond motifs is 1. The van der Waals surface area contributed by atoms with Gasteiger partial charge in [-0.3, -0.25) is 0 Å². The van der Waals surface area contributed by atoms with Gasteiger partial charge in [0.25, 0.3) is 0 Å². The first-order valence-corrected chi connectivity index (χ1v) is 4.81. The van der Waals surface area contributed by atoms with Crippen LogP contribution in [0.3, 0.4) is 0 Å². The summed E-state index contributed by atoms with van der Waals surface area (Å²) >= 11 is 0. The molecule has 0 amide bonds. The van der Waals surface area contributed by atoms with E-state index in [1.807, 2.05) is 12.1 Å². The summed E-state index contributed by atoms with van der Waals surface area (Å²) in [5, 5.41) is 0. The van der Waals surface area contributed by atoms with Crippen LogP contribution in [0.25, 0.3) is 0 Å². The molecule has 1 aliphatic rings. The SMILES string of the molecule is CCN1c2ccccc2OCC1C. The van der Waals surface area contributed by atoms with Crippen molar-refractivity contribution in [1.29, 1.82) is 0 Å². The number of para-hydroxylation sites is 2. The molecule has 1 aromatic rings. The predicted octanol–water partition coefficient (Wildman–Crippen LogP) is 2.29. The highest BCUT2D eigenvalue weighted by atomic mass is 16.5. The number of anilines is 1. The van der Waals surface area contributed by atoms with Gasteiger partial charge in [-0.1, -0.05) is 12.1 Å². The molecule has 0 N–H and O–H groups in total. The van der Waals surface area contributed by atoms with Gasteiger partial charge in [0, 0.05) is 6.54 Å². The molecule has 0 spiro atoms. The van der Waals surface area contributed by atoms with Crippen LogP contribution in [-0.2, 0) is 0 Å². The molecule has 0 saturated carbocycles. The lowest BCUT2D eigenvalue weighted by atomic mass is 10.2. The van der Waals surface area contributed by atoms with Crippen LogP contribution in [-0.4, -0.2) is 19.2 Å². The van der Waals surface area contributed by atoms with E-state index in [1.54, 1.807) is 0 Å². The number of ether oxygens (including phenoxy) is 1. The van der Waals surface area contributed by atoms with Crippen molar-refractivity contribution in [3.05, 3.63) is 24.3 Å². The standard InChI is InChI=1S/C11H15NO/c1-3-12-9(2)8-13-11-7-5-4-6-10(11)12/h4-7,9H,3,8H2,1-2H3. The van der Waals surface area contributed by atoms with E-state index in [1.165, 1.54) is 5.69 Å². The molecule has 0 bridgehead atoms. The number of rotatable bonds is 1. The minimum atomic E-state index is 0.486. The topological polar surface area (TPSA) is 12.5 Å². The van der Waals surface area contributed by atoms with E-state index in [0.29, 0.717) is 6.04 Å². The van der Waals surface area contributed by atoms with Gasteiger partial charge < -0.3 is 9.64 Å². The van der Waals surface area contributed by atoms with Crippen molar-refractivity contribution < 1.29 is 4.74 Å². The molecule has 1 heterocycles. The summed E-state index contributed by atoms with van der Waals surface area (Å²) in [5.41, 5.74) is 1.23. The zero-order valence-electron chi connectivity index (χ0n) is 8.16. The maximum Gasteiger partial charge on any atom is 0.142 e. The van der Waals surface area contributed by atoms with E-state index < -0.39 is 0 Å². The molecule has 13 heavy (non-hydrogen) atoms. The van der Waals surface area contributed by atoms with Crippen molar-refractivity contribution in [3.63, 3.8) is 0 Å². The Bertz CT molecular complexity index is 298. The summed E-state index contributed by atoms with van der Waals surface area (Å²) in [5.74, 6) is 1.02. The van der Waals surface area contributed by atoms with Crippen LogP contribution >= 0.6 is 0 Å². The first-order chi connectivity index (χ1) is 6.33. The van der Waals surface area contributed by atoms with Crippen molar-refractivity contribution in [3.8, 4) is 5.75 Å². The smallest absolute Gasteiger partial charge is 0.142 e. The Morgan fingerprint density at radius 1 is 1.46 bits per heavy atom. The molecular formula is C11H15NO. The third-order valence-electron chi connectivity index (χ3n) is 2.53. The maximum absolute atomic E-state index is 5.63. The van der Waals surface area contributed by atoms with Crippen LogP contribution in [0.1, 0.15) is 13.8 Å². The minimum Gasteiger partial charge on any atom is -0.489 e. The van der Waals surface area contributed by atoms with Crippen LogP contribution in [0.5, 0.6) is 5.75 Å². The summed E-state index contributed by atoms with van der Waals surface area (Å²) in [6.45, 7) is 6.21. The van der Waals surface area contributed by atoms with Gasteiger partial charge in [-0.2, -0.15) is 0 Å². The van der Waals surface area contributed by atoms with Gasteiger partial charge in [0.1, 0.15) is 12.4 Å². The summed E-state index contributed by atoms with van der Waals surface area (Å²) in [6, 6.07) is 8.71. The van der Waals surface area contributed by atoms with Gasteiger partial charge in [0.15, 0.2) is 0 Å². The zero-order chi connectivity index (χ0) is 9.26. The number of benzene rings is 1. The molecule has 2 rings (SSSR count). The van der Waals surface area contributed by atoms with Crippen LogP contribution in [0, 0.1) is 0 Å². The lowest BCUT2D eigenvalue weighted by Crippen LogP contribution is -2.40. The van der Waals surface area contributed by atoms with Gasteiger partial charge in [0.2, 0.25) is 0 Å². The van der Waals surface area contributed by atoms with E-state index in [4.69, 9.17) is 4.74 Å². The fourth-order valence-electron chi connectivity index (χ4n) is 1.84. The summed E-state index contributed by atoms with van der Waals surface area (Å²) in [4.78, 5) is 2.37. The summed E-state index contributed by atoms with van der Waals surface area (Å²) in [6.07, 6.45) is 0. The van der Waals surface area contributed by atoms with Crippen molar-refractivity contribution in [2.45, 2.75) is 19.9 Å². The quantitative estimate of drug-likeness (QED) is 0.652. The Kier molecular flexibility index (Phi) is 2.13. The summed E-state index contributed by atoms with van der Waals surface area (Å²) < 4.78 is 5.63. The molecule has 70 valence electrons. The van der Waals surface area contributed by atoms with E-state index in [2.05, 4.69) is 30.9 Å². The fourth-order valence-corrected chi connectivity index (χ4v) is 1.84. The lowest BCUT2D eigenvalue weighted by molar-refractivity contribution is 0.271. The molecule has 1 aromatic carbocycles. The number of likely N-dealkylation sites (N-methyl/N-ethyl adjacent to an activating group) is 1. The molecule has 0 radical (unpaired) electrons. The molecular weight excluding hydrogens is 162 g/mol. The largest absolute Gasteiger partial charge is 0.489 e. The van der Waals surface area contributed by atoms with Crippen molar-refractivity contribution >= 4 is 5.69 Å². The highest BCUT2D eigenvalue weighted by Crippen LogP contribution is 2.32. The van der Waals surface area contributed by atoms with Crippen LogP contribution in [0.2, 0.25) is 0 Å². The molecule has 1 atom stereocenters. The first-order valence-electron chi connectivity index (χ1n) is 4.81. The third kappa shape index (κ3) is 1.37. The molecule has 0 fully saturated rings. The van der Waals surface area contributed by atoms with E-state index in [9.17, 15) is 0 Å². The lowest BCUT2D eigenvalue weighted by Gasteiger charge is -2.35. The maximum atomic E-state index is 5.63. The molecule has 2 heteroatoms. The Balaban J connectivity index is 2.39. The third-order valence-corrected chi connectivity index (χ3v) is 2.53. The summed E-state index contributed by atoms with van der Waals surface area (Å²) in [7, 11) is 0. The fraction of sp³-hybridized carbons (Fsp3) is 0.455. The second-order valence-electron chi connectivity index (χ2n) is 3.41. The molecule has 2 nitrogen and oxygen atoms in total. The number of hydrogen-bond acceptors (Lipinski definition) is 2. The first kappa shape index (κ1) is 8.42. The van der Waals surface area contributed by atoms with Crippen molar-refractivity contribution in [2.24, 2.45) is 0 Å². The molecule has 1 unspecified atom stereocenters. The van der Waals surface area contributed by atoms with Gasteiger partial charge in [-0.25, -0.2) is 0 Å². The average Bonchev–Trinajstić information content (AvgIpc) is 2.18. The van der Waals surface area contributed by atoms with Gasteiger partial charge in [-0.05, 0) is 26.0 Å². The van der Waals surface area contributed by atoms with Crippen LogP contribution < -0.4 is 9.64 Å². The van der Waals surface area contributed by atoms with Crippen molar-refractivity contribution in [1.82, 2.24) is 0 Å².